The van der Waals surface area contributed by atoms with E-state index in [2.05, 4.69) is 21.4 Å². The lowest BCUT2D eigenvalue weighted by atomic mass is 10.2. The van der Waals surface area contributed by atoms with E-state index < -0.39 is 0 Å². The van der Waals surface area contributed by atoms with Gasteiger partial charge in [-0.3, -0.25) is 0 Å². The molecule has 0 unspecified atom stereocenters. The fraction of sp³-hybridized carbons (Fsp3) is 0.333. The molecule has 0 aliphatic heterocycles. The molecular formula is C15H18ClN3OS. The maximum atomic E-state index is 6.32. The molecule has 2 rings (SSSR count). The van der Waals surface area contributed by atoms with E-state index in [1.165, 1.54) is 11.8 Å². The average Bonchev–Trinajstić information content (AvgIpc) is 2.49. The summed E-state index contributed by atoms with van der Waals surface area (Å²) in [4.78, 5) is 9.63. The fourth-order valence-corrected chi connectivity index (χ4v) is 2.87. The minimum Gasteiger partial charge on any atom is -0.383 e. The predicted molar refractivity (Wildman–Crippen MR) is 85.9 cm³/mol. The van der Waals surface area contributed by atoms with Gasteiger partial charge in [0.05, 0.1) is 11.6 Å². The van der Waals surface area contributed by atoms with Crippen LogP contribution in [-0.2, 0) is 11.3 Å². The van der Waals surface area contributed by atoms with Crippen LogP contribution in [-0.4, -0.2) is 30.2 Å². The molecule has 0 aliphatic rings. The second-order valence-electron chi connectivity index (χ2n) is 4.54. The van der Waals surface area contributed by atoms with E-state index in [9.17, 15) is 0 Å². The summed E-state index contributed by atoms with van der Waals surface area (Å²) in [6, 6.07) is 5.90. The van der Waals surface area contributed by atoms with Gasteiger partial charge in [-0.05, 0) is 35.9 Å². The number of nitrogens with zero attached hydrogens (tertiary/aromatic N) is 2. The van der Waals surface area contributed by atoms with Crippen LogP contribution in [0.5, 0.6) is 0 Å². The van der Waals surface area contributed by atoms with Gasteiger partial charge in [0.25, 0.3) is 0 Å². The molecule has 0 saturated heterocycles. The normalized spacial score (nSPS) is 10.8. The Morgan fingerprint density at radius 3 is 2.76 bits per heavy atom. The summed E-state index contributed by atoms with van der Waals surface area (Å²) in [5.74, 6) is 0. The van der Waals surface area contributed by atoms with Gasteiger partial charge in [0.15, 0.2) is 5.16 Å². The van der Waals surface area contributed by atoms with Crippen molar-refractivity contribution in [3.63, 3.8) is 0 Å². The van der Waals surface area contributed by atoms with Crippen LogP contribution in [0.2, 0.25) is 5.02 Å². The van der Waals surface area contributed by atoms with Crippen molar-refractivity contribution in [1.82, 2.24) is 15.3 Å². The molecule has 0 bridgehead atoms. The molecule has 0 aliphatic carbocycles. The molecule has 0 atom stereocenters. The van der Waals surface area contributed by atoms with Gasteiger partial charge < -0.3 is 10.1 Å². The minimum atomic E-state index is 0.685. The first-order valence-electron chi connectivity index (χ1n) is 6.64. The Morgan fingerprint density at radius 2 is 2.05 bits per heavy atom. The largest absolute Gasteiger partial charge is 0.383 e. The zero-order valence-electron chi connectivity index (χ0n) is 12.1. The number of benzene rings is 1. The van der Waals surface area contributed by atoms with Crippen molar-refractivity contribution in [1.29, 1.82) is 0 Å². The molecule has 0 spiro atoms. The highest BCUT2D eigenvalue weighted by Gasteiger charge is 2.10. The number of nitrogens with one attached hydrogen (secondary N) is 1. The van der Waals surface area contributed by atoms with Crippen molar-refractivity contribution in [2.45, 2.75) is 23.5 Å². The van der Waals surface area contributed by atoms with Gasteiger partial charge >= 0.3 is 0 Å². The molecule has 2 aromatic rings. The lowest BCUT2D eigenvalue weighted by Crippen LogP contribution is -2.18. The van der Waals surface area contributed by atoms with Crippen molar-refractivity contribution in [2.24, 2.45) is 0 Å². The van der Waals surface area contributed by atoms with Crippen LogP contribution in [0.15, 0.2) is 40.6 Å². The van der Waals surface area contributed by atoms with Crippen LogP contribution in [0.25, 0.3) is 0 Å². The van der Waals surface area contributed by atoms with Gasteiger partial charge in [-0.2, -0.15) is 0 Å². The maximum absolute atomic E-state index is 6.32. The number of methoxy groups -OCH3 is 1. The molecular weight excluding hydrogens is 306 g/mol. The van der Waals surface area contributed by atoms with Crippen LogP contribution in [0.4, 0.5) is 0 Å². The Hall–Kier alpha value is -1.14. The molecule has 0 fully saturated rings. The Kier molecular flexibility index (Phi) is 6.45. The maximum Gasteiger partial charge on any atom is 0.192 e. The topological polar surface area (TPSA) is 47.0 Å². The predicted octanol–water partition coefficient (Wildman–Crippen LogP) is 3.33. The third kappa shape index (κ3) is 4.97. The summed E-state index contributed by atoms with van der Waals surface area (Å²) < 4.78 is 5.03. The van der Waals surface area contributed by atoms with Gasteiger partial charge in [0.2, 0.25) is 0 Å². The zero-order chi connectivity index (χ0) is 15.1. The number of halogens is 1. The van der Waals surface area contributed by atoms with Crippen molar-refractivity contribution < 1.29 is 4.74 Å². The first-order chi connectivity index (χ1) is 10.2. The quantitative estimate of drug-likeness (QED) is 0.625. The summed E-state index contributed by atoms with van der Waals surface area (Å²) in [7, 11) is 1.69. The van der Waals surface area contributed by atoms with Crippen molar-refractivity contribution in [3.05, 3.63) is 46.7 Å². The Balaban J connectivity index is 2.11. The third-order valence-electron chi connectivity index (χ3n) is 2.80. The summed E-state index contributed by atoms with van der Waals surface area (Å²) >= 11 is 7.81. The summed E-state index contributed by atoms with van der Waals surface area (Å²) in [5.41, 5.74) is 2.17. The highest BCUT2D eigenvalue weighted by atomic mass is 35.5. The van der Waals surface area contributed by atoms with Crippen molar-refractivity contribution >= 4 is 23.4 Å². The SMILES string of the molecule is COCCNCc1cccc(Cl)c1Sc1ncc(C)cn1. The third-order valence-corrected chi connectivity index (χ3v) is 4.30. The van der Waals surface area contributed by atoms with E-state index in [-0.39, 0.29) is 0 Å². The van der Waals surface area contributed by atoms with Gasteiger partial charge in [0, 0.05) is 37.5 Å². The standard InChI is InChI=1S/C15H18ClN3OS/c1-11-8-18-15(19-9-11)21-14-12(4-3-5-13(14)16)10-17-6-7-20-2/h3-5,8-9,17H,6-7,10H2,1-2H3. The van der Waals surface area contributed by atoms with Gasteiger partial charge in [-0.1, -0.05) is 23.7 Å². The lowest BCUT2D eigenvalue weighted by molar-refractivity contribution is 0.199. The molecule has 0 amide bonds. The van der Waals surface area contributed by atoms with E-state index >= 15 is 0 Å². The number of hydrogen-bond acceptors (Lipinski definition) is 5. The monoisotopic (exact) mass is 323 g/mol. The lowest BCUT2D eigenvalue weighted by Gasteiger charge is -2.11. The first kappa shape index (κ1) is 16.2. The Bertz CT molecular complexity index is 578. The van der Waals surface area contributed by atoms with E-state index in [0.29, 0.717) is 11.8 Å². The van der Waals surface area contributed by atoms with Crippen LogP contribution < -0.4 is 5.32 Å². The summed E-state index contributed by atoms with van der Waals surface area (Å²) in [6.45, 7) is 4.19. The summed E-state index contributed by atoms with van der Waals surface area (Å²) in [5, 5.41) is 4.75. The fourth-order valence-electron chi connectivity index (χ4n) is 1.73. The molecule has 4 nitrogen and oxygen atoms in total. The second kappa shape index (κ2) is 8.34. The number of rotatable bonds is 7. The summed E-state index contributed by atoms with van der Waals surface area (Å²) in [6.07, 6.45) is 3.62. The number of aryl methyl sites for hydroxylation is 1. The zero-order valence-corrected chi connectivity index (χ0v) is 13.7. The molecule has 0 radical (unpaired) electrons. The van der Waals surface area contributed by atoms with Crippen molar-refractivity contribution in [3.8, 4) is 0 Å². The Morgan fingerprint density at radius 1 is 1.29 bits per heavy atom. The molecule has 21 heavy (non-hydrogen) atoms. The van der Waals surface area contributed by atoms with E-state index in [1.54, 1.807) is 7.11 Å². The molecule has 112 valence electrons. The molecule has 0 saturated carbocycles. The minimum absolute atomic E-state index is 0.685. The van der Waals surface area contributed by atoms with Crippen LogP contribution >= 0.6 is 23.4 Å². The number of aromatic nitrogens is 2. The number of ether oxygens (including phenoxy) is 1. The molecule has 1 aromatic heterocycles. The second-order valence-corrected chi connectivity index (χ2v) is 5.93. The Labute approximate surface area is 134 Å². The molecule has 1 heterocycles. The van der Waals surface area contributed by atoms with Crippen molar-refractivity contribution in [2.75, 3.05) is 20.3 Å². The van der Waals surface area contributed by atoms with Crippen LogP contribution in [0.1, 0.15) is 11.1 Å². The van der Waals surface area contributed by atoms with Crippen LogP contribution in [0, 0.1) is 6.92 Å². The first-order valence-corrected chi connectivity index (χ1v) is 7.83. The molecule has 1 aromatic carbocycles. The average molecular weight is 324 g/mol. The van der Waals surface area contributed by atoms with E-state index in [4.69, 9.17) is 16.3 Å². The van der Waals surface area contributed by atoms with Crippen LogP contribution in [0.3, 0.4) is 0 Å². The van der Waals surface area contributed by atoms with Gasteiger partial charge in [0.1, 0.15) is 0 Å². The van der Waals surface area contributed by atoms with E-state index in [1.807, 2.05) is 31.5 Å². The highest BCUT2D eigenvalue weighted by molar-refractivity contribution is 7.99. The van der Waals surface area contributed by atoms with Gasteiger partial charge in [-0.25, -0.2) is 9.97 Å². The smallest absolute Gasteiger partial charge is 0.192 e. The van der Waals surface area contributed by atoms with E-state index in [0.717, 1.165) is 34.1 Å². The highest BCUT2D eigenvalue weighted by Crippen LogP contribution is 2.34. The number of hydrogen-bond donors (Lipinski definition) is 1. The molecule has 6 heteroatoms. The molecule has 1 N–H and O–H groups in total. The van der Waals surface area contributed by atoms with Gasteiger partial charge in [-0.15, -0.1) is 0 Å².